The van der Waals surface area contributed by atoms with Gasteiger partial charge < -0.3 is 10.3 Å². The number of imidazole rings is 1. The summed E-state index contributed by atoms with van der Waals surface area (Å²) in [6.07, 6.45) is 4.93. The van der Waals surface area contributed by atoms with Gasteiger partial charge in [-0.25, -0.2) is 4.98 Å². The average Bonchev–Trinajstić information content (AvgIpc) is 2.93. The highest BCUT2D eigenvalue weighted by molar-refractivity contribution is 5.14. The van der Waals surface area contributed by atoms with Crippen LogP contribution in [0.4, 0.5) is 0 Å². The van der Waals surface area contributed by atoms with Crippen molar-refractivity contribution in [2.45, 2.75) is 33.0 Å². The lowest BCUT2D eigenvalue weighted by molar-refractivity contribution is 0.245. The summed E-state index contributed by atoms with van der Waals surface area (Å²) in [5.41, 5.74) is 6.98. The fourth-order valence-electron chi connectivity index (χ4n) is 2.35. The van der Waals surface area contributed by atoms with Crippen LogP contribution in [0.5, 0.6) is 0 Å². The second-order valence-electron chi connectivity index (χ2n) is 4.97. The van der Waals surface area contributed by atoms with E-state index in [1.807, 2.05) is 12.4 Å². The van der Waals surface area contributed by atoms with Gasteiger partial charge in [-0.3, -0.25) is 4.90 Å². The fraction of sp³-hybridized carbons (Fsp3) is 0.438. The first-order valence-electron chi connectivity index (χ1n) is 7.30. The van der Waals surface area contributed by atoms with E-state index in [0.717, 1.165) is 45.0 Å². The van der Waals surface area contributed by atoms with Crippen molar-refractivity contribution in [1.82, 2.24) is 14.5 Å². The Bertz CT molecular complexity index is 492. The van der Waals surface area contributed by atoms with Crippen LogP contribution in [0.3, 0.4) is 0 Å². The summed E-state index contributed by atoms with van der Waals surface area (Å²) >= 11 is 0. The average molecular weight is 272 g/mol. The Labute approximate surface area is 121 Å². The number of hydrogen-bond acceptors (Lipinski definition) is 3. The quantitative estimate of drug-likeness (QED) is 0.802. The van der Waals surface area contributed by atoms with Gasteiger partial charge >= 0.3 is 0 Å². The molecule has 2 N–H and O–H groups in total. The molecule has 1 aromatic heterocycles. The molecule has 1 aromatic carbocycles. The summed E-state index contributed by atoms with van der Waals surface area (Å²) in [6.45, 7) is 6.65. The molecule has 2 aromatic rings. The molecule has 0 atom stereocenters. The Kier molecular flexibility index (Phi) is 5.77. The molecule has 0 amide bonds. The Morgan fingerprint density at radius 3 is 2.70 bits per heavy atom. The minimum absolute atomic E-state index is 0.730. The van der Waals surface area contributed by atoms with Gasteiger partial charge in [0.05, 0.1) is 6.54 Å². The molecule has 0 aliphatic rings. The third kappa shape index (κ3) is 4.18. The van der Waals surface area contributed by atoms with Crippen LogP contribution in [-0.4, -0.2) is 27.5 Å². The Morgan fingerprint density at radius 2 is 2.00 bits per heavy atom. The fourth-order valence-corrected chi connectivity index (χ4v) is 2.35. The van der Waals surface area contributed by atoms with E-state index >= 15 is 0 Å². The van der Waals surface area contributed by atoms with E-state index in [2.05, 4.69) is 51.7 Å². The molecule has 20 heavy (non-hydrogen) atoms. The van der Waals surface area contributed by atoms with Gasteiger partial charge in [-0.1, -0.05) is 30.3 Å². The summed E-state index contributed by atoms with van der Waals surface area (Å²) in [5.74, 6) is 1.13. The van der Waals surface area contributed by atoms with Gasteiger partial charge in [0, 0.05) is 32.0 Å². The summed E-state index contributed by atoms with van der Waals surface area (Å²) in [7, 11) is 0. The lowest BCUT2D eigenvalue weighted by Gasteiger charge is -2.22. The number of nitrogens with zero attached hydrogens (tertiary/aromatic N) is 3. The molecule has 0 bridgehead atoms. The van der Waals surface area contributed by atoms with Crippen molar-refractivity contribution in [1.29, 1.82) is 0 Å². The van der Waals surface area contributed by atoms with Crippen LogP contribution in [-0.2, 0) is 19.6 Å². The molecule has 2 rings (SSSR count). The summed E-state index contributed by atoms with van der Waals surface area (Å²) < 4.78 is 2.19. The number of rotatable bonds is 8. The van der Waals surface area contributed by atoms with Gasteiger partial charge in [-0.2, -0.15) is 0 Å². The maximum Gasteiger partial charge on any atom is 0.122 e. The van der Waals surface area contributed by atoms with Gasteiger partial charge in [0.2, 0.25) is 0 Å². The van der Waals surface area contributed by atoms with Gasteiger partial charge in [0.25, 0.3) is 0 Å². The molecule has 1 heterocycles. The molecular weight excluding hydrogens is 248 g/mol. The Morgan fingerprint density at radius 1 is 1.20 bits per heavy atom. The second-order valence-corrected chi connectivity index (χ2v) is 4.97. The minimum Gasteiger partial charge on any atom is -0.334 e. The van der Waals surface area contributed by atoms with Crippen molar-refractivity contribution in [2.24, 2.45) is 5.73 Å². The largest absolute Gasteiger partial charge is 0.334 e. The number of hydrogen-bond donors (Lipinski definition) is 1. The van der Waals surface area contributed by atoms with Crippen LogP contribution in [0.2, 0.25) is 0 Å². The molecule has 4 nitrogen and oxygen atoms in total. The van der Waals surface area contributed by atoms with E-state index < -0.39 is 0 Å². The lowest BCUT2D eigenvalue weighted by Crippen LogP contribution is -2.27. The molecule has 0 saturated heterocycles. The van der Waals surface area contributed by atoms with Crippen LogP contribution in [0, 0.1) is 0 Å². The molecule has 0 unspecified atom stereocenters. The molecule has 0 aliphatic heterocycles. The van der Waals surface area contributed by atoms with Crippen LogP contribution < -0.4 is 5.73 Å². The molecule has 0 aliphatic carbocycles. The molecule has 0 fully saturated rings. The van der Waals surface area contributed by atoms with Crippen molar-refractivity contribution >= 4 is 0 Å². The van der Waals surface area contributed by atoms with Crippen LogP contribution in [0.25, 0.3) is 0 Å². The Hall–Kier alpha value is -1.65. The summed E-state index contributed by atoms with van der Waals surface area (Å²) in [6, 6.07) is 10.6. The van der Waals surface area contributed by atoms with Crippen LogP contribution in [0.15, 0.2) is 42.7 Å². The monoisotopic (exact) mass is 272 g/mol. The maximum atomic E-state index is 5.65. The van der Waals surface area contributed by atoms with Gasteiger partial charge in [0.15, 0.2) is 0 Å². The van der Waals surface area contributed by atoms with E-state index in [1.54, 1.807) is 0 Å². The normalized spacial score (nSPS) is 11.2. The minimum atomic E-state index is 0.730. The van der Waals surface area contributed by atoms with Gasteiger partial charge in [0.1, 0.15) is 5.82 Å². The van der Waals surface area contributed by atoms with Crippen molar-refractivity contribution in [2.75, 3.05) is 13.1 Å². The van der Waals surface area contributed by atoms with E-state index in [-0.39, 0.29) is 0 Å². The first-order valence-corrected chi connectivity index (χ1v) is 7.30. The summed E-state index contributed by atoms with van der Waals surface area (Å²) in [5, 5.41) is 0. The zero-order valence-corrected chi connectivity index (χ0v) is 12.2. The zero-order chi connectivity index (χ0) is 14.2. The second kappa shape index (κ2) is 7.82. The number of aromatic nitrogens is 2. The topological polar surface area (TPSA) is 47.1 Å². The van der Waals surface area contributed by atoms with Crippen molar-refractivity contribution in [3.8, 4) is 0 Å². The number of nitrogens with two attached hydrogens (primary N) is 1. The van der Waals surface area contributed by atoms with E-state index in [0.29, 0.717) is 0 Å². The number of benzene rings is 1. The molecule has 4 heteroatoms. The molecule has 0 saturated carbocycles. The van der Waals surface area contributed by atoms with E-state index in [1.165, 1.54) is 5.56 Å². The Balaban J connectivity index is 2.03. The SMILES string of the molecule is CCn1ccnc1CN(CCCN)Cc1ccccc1. The number of aryl methyl sites for hydroxylation is 1. The molecule has 0 radical (unpaired) electrons. The standard InChI is InChI=1S/C16H24N4/c1-2-20-12-10-18-16(20)14-19(11-6-9-17)13-15-7-4-3-5-8-15/h3-5,7-8,10,12H,2,6,9,11,13-14,17H2,1H3. The predicted molar refractivity (Wildman–Crippen MR) is 82.1 cm³/mol. The van der Waals surface area contributed by atoms with Gasteiger partial charge in [-0.15, -0.1) is 0 Å². The maximum absolute atomic E-state index is 5.65. The summed E-state index contributed by atoms with van der Waals surface area (Å²) in [4.78, 5) is 6.88. The van der Waals surface area contributed by atoms with E-state index in [9.17, 15) is 0 Å². The smallest absolute Gasteiger partial charge is 0.122 e. The lowest BCUT2D eigenvalue weighted by atomic mass is 10.2. The van der Waals surface area contributed by atoms with Crippen molar-refractivity contribution in [3.63, 3.8) is 0 Å². The molecule has 0 spiro atoms. The third-order valence-corrected chi connectivity index (χ3v) is 3.43. The highest BCUT2D eigenvalue weighted by atomic mass is 15.2. The highest BCUT2D eigenvalue weighted by Gasteiger charge is 2.10. The zero-order valence-electron chi connectivity index (χ0n) is 12.2. The first kappa shape index (κ1) is 14.8. The molecular formula is C16H24N4. The van der Waals surface area contributed by atoms with Crippen LogP contribution >= 0.6 is 0 Å². The van der Waals surface area contributed by atoms with Gasteiger partial charge in [-0.05, 0) is 25.5 Å². The highest BCUT2D eigenvalue weighted by Crippen LogP contribution is 2.09. The third-order valence-electron chi connectivity index (χ3n) is 3.43. The van der Waals surface area contributed by atoms with E-state index in [4.69, 9.17) is 5.73 Å². The van der Waals surface area contributed by atoms with Crippen LogP contribution in [0.1, 0.15) is 24.7 Å². The molecule has 108 valence electrons. The van der Waals surface area contributed by atoms with Crippen molar-refractivity contribution < 1.29 is 0 Å². The van der Waals surface area contributed by atoms with Crippen molar-refractivity contribution in [3.05, 3.63) is 54.1 Å². The first-order chi connectivity index (χ1) is 9.83. The predicted octanol–water partition coefficient (Wildman–Crippen LogP) is 2.25.